The number of hydrogen-bond acceptors (Lipinski definition) is 3. The van der Waals surface area contributed by atoms with Gasteiger partial charge in [-0.15, -0.1) is 11.3 Å². The quantitative estimate of drug-likeness (QED) is 0.704. The third-order valence-corrected chi connectivity index (χ3v) is 4.32. The number of aryl methyl sites for hydroxylation is 1. The van der Waals surface area contributed by atoms with Crippen molar-refractivity contribution in [3.63, 3.8) is 0 Å². The molecule has 0 bridgehead atoms. The molecule has 3 rings (SSSR count). The molecule has 2 heterocycles. The Morgan fingerprint density at radius 2 is 2.57 bits per heavy atom. The van der Waals surface area contributed by atoms with Gasteiger partial charge in [-0.3, -0.25) is 0 Å². The van der Waals surface area contributed by atoms with Crippen LogP contribution in [0.25, 0.3) is 0 Å². The van der Waals surface area contributed by atoms with Crippen LogP contribution in [0, 0.1) is 0 Å². The van der Waals surface area contributed by atoms with Crippen molar-refractivity contribution in [3.05, 3.63) is 21.9 Å². The topological polar surface area (TPSA) is 21.3 Å². The van der Waals surface area contributed by atoms with Gasteiger partial charge in [0, 0.05) is 17.5 Å². The molecular weight excluding hydrogens is 194 g/mol. The summed E-state index contributed by atoms with van der Waals surface area (Å²) < 4.78 is 6.07. The van der Waals surface area contributed by atoms with Crippen LogP contribution in [-0.2, 0) is 16.8 Å². The van der Waals surface area contributed by atoms with E-state index in [9.17, 15) is 0 Å². The third-order valence-electron chi connectivity index (χ3n) is 3.34. The maximum absolute atomic E-state index is 6.07. The van der Waals surface area contributed by atoms with E-state index in [1.54, 1.807) is 0 Å². The summed E-state index contributed by atoms with van der Waals surface area (Å²) in [5.41, 5.74) is 1.46. The smallest absolute Gasteiger partial charge is 0.107 e. The van der Waals surface area contributed by atoms with Crippen molar-refractivity contribution >= 4 is 11.3 Å². The highest BCUT2D eigenvalue weighted by Gasteiger charge is 2.42. The highest BCUT2D eigenvalue weighted by molar-refractivity contribution is 7.10. The molecule has 1 saturated heterocycles. The van der Waals surface area contributed by atoms with Gasteiger partial charge in [-0.25, -0.2) is 0 Å². The van der Waals surface area contributed by atoms with E-state index in [0.717, 1.165) is 19.6 Å². The second-order valence-electron chi connectivity index (χ2n) is 4.34. The average molecular weight is 209 g/mol. The lowest BCUT2D eigenvalue weighted by Gasteiger charge is -2.37. The highest BCUT2D eigenvalue weighted by Crippen LogP contribution is 2.43. The van der Waals surface area contributed by atoms with Crippen LogP contribution in [0.4, 0.5) is 0 Å². The summed E-state index contributed by atoms with van der Waals surface area (Å²) in [6.07, 6.45) is 2.36. The minimum absolute atomic E-state index is 0.0157. The van der Waals surface area contributed by atoms with Crippen molar-refractivity contribution in [2.24, 2.45) is 0 Å². The number of rotatable bonds is 0. The van der Waals surface area contributed by atoms with E-state index in [-0.39, 0.29) is 5.60 Å². The van der Waals surface area contributed by atoms with Gasteiger partial charge in [0.05, 0.1) is 6.61 Å². The van der Waals surface area contributed by atoms with Crippen LogP contribution in [0.1, 0.15) is 23.8 Å². The van der Waals surface area contributed by atoms with Crippen molar-refractivity contribution in [3.8, 4) is 0 Å². The van der Waals surface area contributed by atoms with Gasteiger partial charge >= 0.3 is 0 Å². The van der Waals surface area contributed by atoms with Gasteiger partial charge in [0.2, 0.25) is 0 Å². The van der Waals surface area contributed by atoms with Crippen LogP contribution >= 0.6 is 11.3 Å². The first-order valence-corrected chi connectivity index (χ1v) is 6.12. The Morgan fingerprint density at radius 1 is 1.64 bits per heavy atom. The van der Waals surface area contributed by atoms with Crippen molar-refractivity contribution in [1.29, 1.82) is 0 Å². The van der Waals surface area contributed by atoms with E-state index < -0.39 is 0 Å². The van der Waals surface area contributed by atoms with Crippen LogP contribution in [0.5, 0.6) is 0 Å². The highest BCUT2D eigenvalue weighted by atomic mass is 32.1. The molecule has 0 amide bonds. The molecule has 2 aliphatic rings. The second kappa shape index (κ2) is 3.05. The molecule has 1 aliphatic carbocycles. The average Bonchev–Trinajstić information content (AvgIpc) is 2.75. The van der Waals surface area contributed by atoms with E-state index in [4.69, 9.17) is 4.74 Å². The summed E-state index contributed by atoms with van der Waals surface area (Å²) in [6.45, 7) is 4.00. The fraction of sp³-hybridized carbons (Fsp3) is 0.636. The van der Waals surface area contributed by atoms with Gasteiger partial charge in [-0.1, -0.05) is 0 Å². The van der Waals surface area contributed by atoms with Crippen molar-refractivity contribution in [2.45, 2.75) is 31.4 Å². The first-order valence-electron chi connectivity index (χ1n) is 5.24. The van der Waals surface area contributed by atoms with Crippen molar-refractivity contribution in [1.82, 2.24) is 5.32 Å². The van der Waals surface area contributed by atoms with Crippen LogP contribution in [-0.4, -0.2) is 19.2 Å². The van der Waals surface area contributed by atoms with Crippen molar-refractivity contribution in [2.75, 3.05) is 13.2 Å². The minimum atomic E-state index is 0.0157. The summed E-state index contributed by atoms with van der Waals surface area (Å²) in [7, 11) is 0. The summed E-state index contributed by atoms with van der Waals surface area (Å²) in [5.74, 6) is 0. The lowest BCUT2D eigenvalue weighted by atomic mass is 9.95. The predicted octanol–water partition coefficient (Wildman–Crippen LogP) is 1.90. The Balaban J connectivity index is 1.92. The SMILES string of the molecule is CC1COC2(CCc3sccc32)CN1. The lowest BCUT2D eigenvalue weighted by Crippen LogP contribution is -2.50. The Kier molecular flexibility index (Phi) is 1.94. The zero-order valence-corrected chi connectivity index (χ0v) is 9.19. The molecule has 3 heteroatoms. The summed E-state index contributed by atoms with van der Waals surface area (Å²) in [5, 5.41) is 5.71. The standard InChI is InChI=1S/C11H15NOS/c1-8-6-13-11(7-12-8)4-2-10-9(11)3-5-14-10/h3,5,8,12H,2,4,6-7H2,1H3. The summed E-state index contributed by atoms with van der Waals surface area (Å²) in [6, 6.07) is 2.74. The van der Waals surface area contributed by atoms with E-state index in [1.165, 1.54) is 16.9 Å². The van der Waals surface area contributed by atoms with Gasteiger partial charge in [-0.2, -0.15) is 0 Å². The third kappa shape index (κ3) is 1.16. The maximum atomic E-state index is 6.07. The number of ether oxygens (including phenoxy) is 1. The lowest BCUT2D eigenvalue weighted by molar-refractivity contribution is -0.0842. The van der Waals surface area contributed by atoms with E-state index >= 15 is 0 Å². The molecule has 1 spiro atoms. The monoisotopic (exact) mass is 209 g/mol. The molecule has 0 aromatic carbocycles. The summed E-state index contributed by atoms with van der Waals surface area (Å²) in [4.78, 5) is 1.53. The molecular formula is C11H15NOS. The van der Waals surface area contributed by atoms with Gasteiger partial charge < -0.3 is 10.1 Å². The first kappa shape index (κ1) is 8.89. The van der Waals surface area contributed by atoms with Gasteiger partial charge in [0.25, 0.3) is 0 Å². The van der Waals surface area contributed by atoms with Crippen LogP contribution in [0.3, 0.4) is 0 Å². The number of thiophene rings is 1. The number of nitrogens with one attached hydrogen (secondary N) is 1. The first-order chi connectivity index (χ1) is 6.80. The molecule has 2 unspecified atom stereocenters. The Morgan fingerprint density at radius 3 is 3.36 bits per heavy atom. The Hall–Kier alpha value is -0.380. The zero-order valence-electron chi connectivity index (χ0n) is 8.38. The Labute approximate surface area is 88.3 Å². The van der Waals surface area contributed by atoms with Gasteiger partial charge in [0.15, 0.2) is 0 Å². The molecule has 1 fully saturated rings. The predicted molar refractivity (Wildman–Crippen MR) is 57.7 cm³/mol. The number of hydrogen-bond donors (Lipinski definition) is 1. The number of morpholine rings is 1. The molecule has 1 aliphatic heterocycles. The molecule has 2 nitrogen and oxygen atoms in total. The van der Waals surface area contributed by atoms with Gasteiger partial charge in [-0.05, 0) is 36.8 Å². The van der Waals surface area contributed by atoms with Gasteiger partial charge in [0.1, 0.15) is 5.60 Å². The molecule has 76 valence electrons. The fourth-order valence-corrected chi connectivity index (χ4v) is 3.43. The van der Waals surface area contributed by atoms with E-state index in [1.807, 2.05) is 11.3 Å². The maximum Gasteiger partial charge on any atom is 0.107 e. The van der Waals surface area contributed by atoms with Crippen LogP contribution in [0.2, 0.25) is 0 Å². The van der Waals surface area contributed by atoms with E-state index in [0.29, 0.717) is 6.04 Å². The molecule has 14 heavy (non-hydrogen) atoms. The second-order valence-corrected chi connectivity index (χ2v) is 5.35. The number of fused-ring (bicyclic) bond motifs is 2. The summed E-state index contributed by atoms with van der Waals surface area (Å²) >= 11 is 1.87. The fourth-order valence-electron chi connectivity index (χ4n) is 2.46. The minimum Gasteiger partial charge on any atom is -0.367 e. The molecule has 2 atom stereocenters. The molecule has 1 N–H and O–H groups in total. The molecule has 1 aromatic heterocycles. The van der Waals surface area contributed by atoms with Crippen molar-refractivity contribution < 1.29 is 4.74 Å². The molecule has 1 aromatic rings. The Bertz CT molecular complexity index is 339. The molecule has 0 radical (unpaired) electrons. The van der Waals surface area contributed by atoms with Crippen LogP contribution < -0.4 is 5.32 Å². The zero-order chi connectivity index (χ0) is 9.60. The van der Waals surface area contributed by atoms with Crippen LogP contribution in [0.15, 0.2) is 11.4 Å². The normalized spacial score (nSPS) is 36.2. The van der Waals surface area contributed by atoms with E-state index in [2.05, 4.69) is 23.7 Å². The largest absolute Gasteiger partial charge is 0.367 e. The molecule has 0 saturated carbocycles.